The summed E-state index contributed by atoms with van der Waals surface area (Å²) in [6, 6.07) is 0. The average molecular weight is 287 g/mol. The Morgan fingerprint density at radius 3 is 1.90 bits per heavy atom. The van der Waals surface area contributed by atoms with Crippen LogP contribution in [0.3, 0.4) is 0 Å². The third-order valence-corrected chi connectivity index (χ3v) is 3.82. The first kappa shape index (κ1) is 19.8. The predicted octanol–water partition coefficient (Wildman–Crippen LogP) is 2.15. The fourth-order valence-corrected chi connectivity index (χ4v) is 2.50. The van der Waals surface area contributed by atoms with Crippen molar-refractivity contribution in [2.24, 2.45) is 5.73 Å². The maximum atomic E-state index is 6.38. The highest BCUT2D eigenvalue weighted by atomic mass is 15.2. The monoisotopic (exact) mass is 286 g/mol. The van der Waals surface area contributed by atoms with Crippen molar-refractivity contribution in [3.05, 3.63) is 0 Å². The molecule has 0 radical (unpaired) electrons. The van der Waals surface area contributed by atoms with Crippen molar-refractivity contribution in [1.29, 1.82) is 0 Å². The van der Waals surface area contributed by atoms with Gasteiger partial charge in [0, 0.05) is 13.1 Å². The maximum absolute atomic E-state index is 6.38. The van der Waals surface area contributed by atoms with E-state index < -0.39 is 0 Å². The zero-order valence-corrected chi connectivity index (χ0v) is 14.1. The minimum Gasteiger partial charge on any atom is -0.320 e. The van der Waals surface area contributed by atoms with Crippen LogP contribution in [0, 0.1) is 0 Å². The molecule has 0 aliphatic carbocycles. The first-order chi connectivity index (χ1) is 9.76. The molecule has 0 saturated carbocycles. The van der Waals surface area contributed by atoms with Gasteiger partial charge in [-0.05, 0) is 46.4 Å². The van der Waals surface area contributed by atoms with E-state index >= 15 is 0 Å². The molecule has 0 aromatic heterocycles. The van der Waals surface area contributed by atoms with Gasteiger partial charge < -0.3 is 16.4 Å². The van der Waals surface area contributed by atoms with Gasteiger partial charge in [0.05, 0.1) is 6.17 Å². The molecular weight excluding hydrogens is 248 g/mol. The van der Waals surface area contributed by atoms with Crippen molar-refractivity contribution >= 4 is 0 Å². The highest BCUT2D eigenvalue weighted by Crippen LogP contribution is 2.09. The normalized spacial score (nSPS) is 13.1. The number of unbranched alkanes of at least 4 members (excludes halogenated alkanes) is 4. The van der Waals surface area contributed by atoms with Crippen LogP contribution >= 0.6 is 0 Å². The lowest BCUT2D eigenvalue weighted by Gasteiger charge is -2.29. The summed E-state index contributed by atoms with van der Waals surface area (Å²) in [5.74, 6) is 0. The second-order valence-electron chi connectivity index (χ2n) is 5.72. The van der Waals surface area contributed by atoms with Crippen LogP contribution in [0.15, 0.2) is 0 Å². The molecule has 4 heteroatoms. The van der Waals surface area contributed by atoms with Crippen LogP contribution in [-0.2, 0) is 0 Å². The zero-order chi connectivity index (χ0) is 15.1. The van der Waals surface area contributed by atoms with E-state index in [0.29, 0.717) is 0 Å². The molecule has 0 aromatic rings. The van der Waals surface area contributed by atoms with E-state index in [4.69, 9.17) is 5.73 Å². The van der Waals surface area contributed by atoms with Gasteiger partial charge in [-0.2, -0.15) is 0 Å². The summed E-state index contributed by atoms with van der Waals surface area (Å²) in [4.78, 5) is 2.47. The summed E-state index contributed by atoms with van der Waals surface area (Å²) in [6.45, 7) is 6.63. The largest absolute Gasteiger partial charge is 0.320 e. The van der Waals surface area contributed by atoms with Crippen LogP contribution in [0.25, 0.3) is 0 Å². The molecule has 1 unspecified atom stereocenters. The lowest BCUT2D eigenvalue weighted by atomic mass is 10.1. The molecule has 0 fully saturated rings. The average Bonchev–Trinajstić information content (AvgIpc) is 2.45. The second kappa shape index (κ2) is 15.2. The molecule has 0 aliphatic rings. The van der Waals surface area contributed by atoms with Crippen LogP contribution in [0.1, 0.15) is 58.3 Å². The maximum Gasteiger partial charge on any atom is 0.0571 e. The van der Waals surface area contributed by atoms with Gasteiger partial charge in [-0.1, -0.05) is 39.0 Å². The molecule has 0 heterocycles. The van der Waals surface area contributed by atoms with Crippen molar-refractivity contribution in [3.63, 3.8) is 0 Å². The molecule has 0 spiro atoms. The van der Waals surface area contributed by atoms with Gasteiger partial charge >= 0.3 is 0 Å². The predicted molar refractivity (Wildman–Crippen MR) is 90.0 cm³/mol. The Hall–Kier alpha value is -0.160. The number of nitrogens with zero attached hydrogens (tertiary/aromatic N) is 1. The standard InChI is InChI=1S/C16H38N4/c1-4-5-6-7-8-11-16(17)20(14-9-12-18-2)15-10-13-19-3/h16,18-19H,4-15,17H2,1-3H3. The summed E-state index contributed by atoms with van der Waals surface area (Å²) < 4.78 is 0. The molecule has 0 aromatic carbocycles. The summed E-state index contributed by atoms with van der Waals surface area (Å²) in [5, 5.41) is 6.43. The number of hydrogen-bond acceptors (Lipinski definition) is 4. The molecule has 4 N–H and O–H groups in total. The summed E-state index contributed by atoms with van der Waals surface area (Å²) in [6.07, 6.45) is 10.4. The molecule has 0 aliphatic heterocycles. The van der Waals surface area contributed by atoms with Crippen LogP contribution in [-0.4, -0.2) is 51.3 Å². The molecule has 20 heavy (non-hydrogen) atoms. The van der Waals surface area contributed by atoms with Gasteiger partial charge in [-0.3, -0.25) is 4.90 Å². The quantitative estimate of drug-likeness (QED) is 0.319. The Bertz CT molecular complexity index is 177. The first-order valence-corrected chi connectivity index (χ1v) is 8.55. The topological polar surface area (TPSA) is 53.3 Å². The van der Waals surface area contributed by atoms with E-state index in [0.717, 1.165) is 32.6 Å². The summed E-state index contributed by atoms with van der Waals surface area (Å²) in [5.41, 5.74) is 6.38. The number of hydrogen-bond donors (Lipinski definition) is 3. The second-order valence-corrected chi connectivity index (χ2v) is 5.72. The molecule has 4 nitrogen and oxygen atoms in total. The van der Waals surface area contributed by atoms with E-state index in [2.05, 4.69) is 22.5 Å². The van der Waals surface area contributed by atoms with Gasteiger partial charge in [0.25, 0.3) is 0 Å². The molecule has 0 rings (SSSR count). The summed E-state index contributed by atoms with van der Waals surface area (Å²) >= 11 is 0. The molecule has 1 atom stereocenters. The van der Waals surface area contributed by atoms with E-state index in [1.165, 1.54) is 44.9 Å². The van der Waals surface area contributed by atoms with Crippen molar-refractivity contribution in [3.8, 4) is 0 Å². The van der Waals surface area contributed by atoms with Gasteiger partial charge in [0.15, 0.2) is 0 Å². The van der Waals surface area contributed by atoms with Gasteiger partial charge in [-0.25, -0.2) is 0 Å². The highest BCUT2D eigenvalue weighted by molar-refractivity contribution is 4.67. The molecule has 122 valence electrons. The van der Waals surface area contributed by atoms with Crippen molar-refractivity contribution in [1.82, 2.24) is 15.5 Å². The van der Waals surface area contributed by atoms with E-state index in [1.54, 1.807) is 0 Å². The molecule has 0 bridgehead atoms. The van der Waals surface area contributed by atoms with E-state index in [-0.39, 0.29) is 6.17 Å². The number of rotatable bonds is 15. The number of nitrogens with one attached hydrogen (secondary N) is 2. The van der Waals surface area contributed by atoms with E-state index in [1.807, 2.05) is 14.1 Å². The summed E-state index contributed by atoms with van der Waals surface area (Å²) in [7, 11) is 4.03. The van der Waals surface area contributed by atoms with Crippen LogP contribution in [0.2, 0.25) is 0 Å². The minimum atomic E-state index is 0.241. The van der Waals surface area contributed by atoms with E-state index in [9.17, 15) is 0 Å². The van der Waals surface area contributed by atoms with Crippen LogP contribution < -0.4 is 16.4 Å². The Morgan fingerprint density at radius 1 is 0.850 bits per heavy atom. The number of nitrogens with two attached hydrogens (primary N) is 1. The third-order valence-electron chi connectivity index (χ3n) is 3.82. The zero-order valence-electron chi connectivity index (χ0n) is 14.1. The fourth-order valence-electron chi connectivity index (χ4n) is 2.50. The first-order valence-electron chi connectivity index (χ1n) is 8.55. The van der Waals surface area contributed by atoms with Gasteiger partial charge in [0.1, 0.15) is 0 Å². The van der Waals surface area contributed by atoms with Crippen molar-refractivity contribution in [2.45, 2.75) is 64.5 Å². The van der Waals surface area contributed by atoms with Crippen molar-refractivity contribution < 1.29 is 0 Å². The Kier molecular flexibility index (Phi) is 15.1. The molecular formula is C16H38N4. The van der Waals surface area contributed by atoms with Gasteiger partial charge in [-0.15, -0.1) is 0 Å². The molecule has 0 saturated heterocycles. The SMILES string of the molecule is CCCCCCCC(N)N(CCCNC)CCCNC. The Labute approximate surface area is 126 Å². The van der Waals surface area contributed by atoms with Crippen LogP contribution in [0.4, 0.5) is 0 Å². The van der Waals surface area contributed by atoms with Crippen LogP contribution in [0.5, 0.6) is 0 Å². The lowest BCUT2D eigenvalue weighted by molar-refractivity contribution is 0.182. The lowest BCUT2D eigenvalue weighted by Crippen LogP contribution is -2.44. The minimum absolute atomic E-state index is 0.241. The van der Waals surface area contributed by atoms with Crippen molar-refractivity contribution in [2.75, 3.05) is 40.3 Å². The smallest absolute Gasteiger partial charge is 0.0571 e. The third kappa shape index (κ3) is 11.6. The highest BCUT2D eigenvalue weighted by Gasteiger charge is 2.12. The Balaban J connectivity index is 3.87. The van der Waals surface area contributed by atoms with Gasteiger partial charge in [0.2, 0.25) is 0 Å². The molecule has 0 amide bonds. The fraction of sp³-hybridized carbons (Fsp3) is 1.00. The Morgan fingerprint density at radius 2 is 1.40 bits per heavy atom.